The largest absolute Gasteiger partial charge is 0.380 e. The first-order valence-electron chi connectivity index (χ1n) is 7.38. The first-order chi connectivity index (χ1) is 11.2. The molecule has 0 saturated carbocycles. The molecule has 0 spiro atoms. The van der Waals surface area contributed by atoms with Gasteiger partial charge < -0.3 is 9.05 Å². The van der Waals surface area contributed by atoms with E-state index in [0.717, 1.165) is 10.4 Å². The van der Waals surface area contributed by atoms with Gasteiger partial charge in [0.15, 0.2) is 11.3 Å². The van der Waals surface area contributed by atoms with Gasteiger partial charge in [0, 0.05) is 5.39 Å². The Labute approximate surface area is 138 Å². The Bertz CT molecular complexity index is 842. The molecular weight excluding hydrogens is 331 g/mol. The van der Waals surface area contributed by atoms with Crippen LogP contribution in [0.5, 0.6) is 0 Å². The minimum Gasteiger partial charge on any atom is -0.304 e. The predicted octanol–water partition coefficient (Wildman–Crippen LogP) is 4.25. The molecule has 0 amide bonds. The summed E-state index contributed by atoms with van der Waals surface area (Å²) in [5.74, 6) is 0.535. The van der Waals surface area contributed by atoms with E-state index in [-0.39, 0.29) is 13.2 Å². The van der Waals surface area contributed by atoms with Crippen molar-refractivity contribution in [1.82, 2.24) is 9.97 Å². The molecule has 2 aromatic heterocycles. The number of aromatic nitrogens is 2. The molecule has 0 radical (unpaired) electrons. The summed E-state index contributed by atoms with van der Waals surface area (Å²) in [4.78, 5) is 10.0. The Morgan fingerprint density at radius 2 is 1.78 bits per heavy atom. The summed E-state index contributed by atoms with van der Waals surface area (Å²) in [6, 6.07) is 11.3. The van der Waals surface area contributed by atoms with Crippen LogP contribution >= 0.6 is 18.9 Å². The number of para-hydroxylation sites is 1. The van der Waals surface area contributed by atoms with Gasteiger partial charge in [-0.2, -0.15) is 0 Å². The van der Waals surface area contributed by atoms with E-state index in [1.165, 1.54) is 11.3 Å². The molecule has 0 N–H and O–H groups in total. The summed E-state index contributed by atoms with van der Waals surface area (Å²) in [6.45, 7) is 4.14. The van der Waals surface area contributed by atoms with Gasteiger partial charge in [-0.1, -0.05) is 24.3 Å². The third-order valence-corrected chi connectivity index (χ3v) is 6.10. The first-order valence-corrected chi connectivity index (χ1v) is 9.80. The monoisotopic (exact) mass is 348 g/mol. The van der Waals surface area contributed by atoms with Crippen LogP contribution in [0.4, 0.5) is 0 Å². The summed E-state index contributed by atoms with van der Waals surface area (Å²) >= 11 is 1.53. The molecule has 0 aliphatic heterocycles. The molecule has 0 saturated heterocycles. The van der Waals surface area contributed by atoms with Crippen LogP contribution in [-0.2, 0) is 13.6 Å². The highest BCUT2D eigenvalue weighted by atomic mass is 32.1. The van der Waals surface area contributed by atoms with Gasteiger partial charge in [-0.15, -0.1) is 11.3 Å². The zero-order chi connectivity index (χ0) is 16.3. The number of benzene rings is 1. The van der Waals surface area contributed by atoms with Crippen LogP contribution < -0.4 is 5.44 Å². The van der Waals surface area contributed by atoms with Gasteiger partial charge >= 0.3 is 7.60 Å². The van der Waals surface area contributed by atoms with Gasteiger partial charge in [-0.25, -0.2) is 9.97 Å². The SMILES string of the molecule is CCOP(=O)(OCC)c1nc(-c2cccs2)nc2ccccc12. The fourth-order valence-electron chi connectivity index (χ4n) is 2.28. The summed E-state index contributed by atoms with van der Waals surface area (Å²) in [7, 11) is -3.49. The number of hydrogen-bond donors (Lipinski definition) is 0. The molecule has 1 aromatic carbocycles. The molecule has 3 rings (SSSR count). The lowest BCUT2D eigenvalue weighted by molar-refractivity contribution is 0.229. The standard InChI is InChI=1S/C16H17N2O3PS/c1-3-20-22(19,21-4-2)16-12-8-5-6-9-13(12)17-15(18-16)14-10-7-11-23-14/h5-11H,3-4H2,1-2H3. The first kappa shape index (κ1) is 16.3. The van der Waals surface area contributed by atoms with E-state index >= 15 is 0 Å². The Morgan fingerprint density at radius 3 is 2.43 bits per heavy atom. The van der Waals surface area contributed by atoms with Crippen molar-refractivity contribution in [3.63, 3.8) is 0 Å². The fourth-order valence-corrected chi connectivity index (χ4v) is 4.64. The topological polar surface area (TPSA) is 61.3 Å². The van der Waals surface area contributed by atoms with Crippen molar-refractivity contribution in [3.8, 4) is 10.7 Å². The van der Waals surface area contributed by atoms with Gasteiger partial charge in [-0.3, -0.25) is 4.57 Å². The van der Waals surface area contributed by atoms with Crippen molar-refractivity contribution in [1.29, 1.82) is 0 Å². The molecule has 5 nitrogen and oxygen atoms in total. The lowest BCUT2D eigenvalue weighted by Gasteiger charge is -2.18. The molecule has 23 heavy (non-hydrogen) atoms. The van der Waals surface area contributed by atoms with Gasteiger partial charge in [0.25, 0.3) is 0 Å². The molecule has 0 fully saturated rings. The van der Waals surface area contributed by atoms with E-state index in [2.05, 4.69) is 9.97 Å². The van der Waals surface area contributed by atoms with E-state index in [9.17, 15) is 4.57 Å². The van der Waals surface area contributed by atoms with Crippen LogP contribution in [0.1, 0.15) is 13.8 Å². The highest BCUT2D eigenvalue weighted by Crippen LogP contribution is 2.48. The van der Waals surface area contributed by atoms with Crippen molar-refractivity contribution in [3.05, 3.63) is 41.8 Å². The Kier molecular flexibility index (Phi) is 4.87. The second-order valence-corrected chi connectivity index (χ2v) is 7.58. The third kappa shape index (κ3) is 3.21. The average Bonchev–Trinajstić information content (AvgIpc) is 3.09. The lowest BCUT2D eigenvalue weighted by Crippen LogP contribution is -2.17. The maximum atomic E-state index is 13.2. The molecule has 7 heteroatoms. The number of hydrogen-bond acceptors (Lipinski definition) is 6. The molecule has 2 heterocycles. The second kappa shape index (κ2) is 6.89. The predicted molar refractivity (Wildman–Crippen MR) is 93.3 cm³/mol. The van der Waals surface area contributed by atoms with Crippen LogP contribution in [-0.4, -0.2) is 23.2 Å². The van der Waals surface area contributed by atoms with Crippen molar-refractivity contribution < 1.29 is 13.6 Å². The molecule has 0 unspecified atom stereocenters. The number of thiophene rings is 1. The van der Waals surface area contributed by atoms with Crippen LogP contribution in [0.3, 0.4) is 0 Å². The normalized spacial score (nSPS) is 11.9. The van der Waals surface area contributed by atoms with E-state index in [0.29, 0.717) is 16.6 Å². The average molecular weight is 348 g/mol. The second-order valence-electron chi connectivity index (χ2n) is 4.70. The summed E-state index contributed by atoms with van der Waals surface area (Å²) in [5.41, 5.74) is 1.05. The Morgan fingerprint density at radius 1 is 1.04 bits per heavy atom. The molecule has 0 aliphatic rings. The number of fused-ring (bicyclic) bond motifs is 1. The molecule has 0 aliphatic carbocycles. The van der Waals surface area contributed by atoms with Crippen LogP contribution in [0.2, 0.25) is 0 Å². The quantitative estimate of drug-likeness (QED) is 0.623. The van der Waals surface area contributed by atoms with Crippen LogP contribution in [0.15, 0.2) is 41.8 Å². The van der Waals surface area contributed by atoms with Crippen molar-refractivity contribution >= 4 is 35.3 Å². The van der Waals surface area contributed by atoms with Gasteiger partial charge in [0.1, 0.15) is 0 Å². The van der Waals surface area contributed by atoms with Crippen LogP contribution in [0, 0.1) is 0 Å². The summed E-state index contributed by atoms with van der Waals surface area (Å²) < 4.78 is 24.2. The fraction of sp³-hybridized carbons (Fsp3) is 0.250. The maximum absolute atomic E-state index is 13.2. The van der Waals surface area contributed by atoms with E-state index in [1.807, 2.05) is 41.8 Å². The molecule has 0 atom stereocenters. The van der Waals surface area contributed by atoms with Gasteiger partial charge in [-0.05, 0) is 31.4 Å². The van der Waals surface area contributed by atoms with E-state index < -0.39 is 7.60 Å². The number of nitrogens with zero attached hydrogens (tertiary/aromatic N) is 2. The van der Waals surface area contributed by atoms with E-state index in [4.69, 9.17) is 9.05 Å². The smallest absolute Gasteiger partial charge is 0.304 e. The van der Waals surface area contributed by atoms with Crippen LogP contribution in [0.25, 0.3) is 21.6 Å². The maximum Gasteiger partial charge on any atom is 0.380 e. The van der Waals surface area contributed by atoms with Gasteiger partial charge in [0.05, 0.1) is 23.6 Å². The summed E-state index contributed by atoms with van der Waals surface area (Å²) in [6.07, 6.45) is 0. The summed E-state index contributed by atoms with van der Waals surface area (Å²) in [5, 5.41) is 2.65. The minimum atomic E-state index is -3.49. The zero-order valence-corrected chi connectivity index (χ0v) is 14.6. The van der Waals surface area contributed by atoms with E-state index in [1.54, 1.807) is 13.8 Å². The Balaban J connectivity index is 2.27. The molecule has 3 aromatic rings. The highest BCUT2D eigenvalue weighted by molar-refractivity contribution is 7.62. The molecule has 0 bridgehead atoms. The van der Waals surface area contributed by atoms with Crippen molar-refractivity contribution in [2.45, 2.75) is 13.8 Å². The molecule has 120 valence electrons. The number of rotatable bonds is 6. The Hall–Kier alpha value is -1.59. The lowest BCUT2D eigenvalue weighted by atomic mass is 10.2. The minimum absolute atomic E-state index is 0.282. The van der Waals surface area contributed by atoms with Gasteiger partial charge in [0.2, 0.25) is 0 Å². The van der Waals surface area contributed by atoms with Crippen molar-refractivity contribution in [2.75, 3.05) is 13.2 Å². The highest BCUT2D eigenvalue weighted by Gasteiger charge is 2.32. The van der Waals surface area contributed by atoms with Crippen molar-refractivity contribution in [2.24, 2.45) is 0 Å². The molecular formula is C16H17N2O3PS. The third-order valence-electron chi connectivity index (χ3n) is 3.18. The zero-order valence-electron chi connectivity index (χ0n) is 12.9.